The first-order chi connectivity index (χ1) is 15.1. The van der Waals surface area contributed by atoms with Crippen LogP contribution in [0.15, 0.2) is 57.6 Å². The highest BCUT2D eigenvalue weighted by Crippen LogP contribution is 2.30. The number of halogens is 2. The Morgan fingerprint density at radius 3 is 2.84 bits per heavy atom. The fourth-order valence-electron chi connectivity index (χ4n) is 2.40. The Hall–Kier alpha value is -2.90. The van der Waals surface area contributed by atoms with E-state index in [0.717, 1.165) is 5.69 Å². The van der Waals surface area contributed by atoms with Crippen LogP contribution < -0.4 is 10.1 Å². The van der Waals surface area contributed by atoms with Crippen molar-refractivity contribution in [1.82, 2.24) is 30.4 Å². The molecule has 0 bridgehead atoms. The first-order valence-electron chi connectivity index (χ1n) is 8.74. The Labute approximate surface area is 192 Å². The number of carbonyl (C=O) groups excluding carboxylic acids is 1. The maximum Gasteiger partial charge on any atom is 0.264 e. The molecule has 0 aliphatic heterocycles. The quantitative estimate of drug-likeness (QED) is 0.276. The molecule has 0 radical (unpaired) electrons. The number of aromatic nitrogens is 6. The molecule has 2 aromatic heterocycles. The number of hydrogen-bond donors (Lipinski definition) is 1. The van der Waals surface area contributed by atoms with Crippen LogP contribution in [0.1, 0.15) is 5.56 Å². The summed E-state index contributed by atoms with van der Waals surface area (Å²) in [5.41, 5.74) is 1.32. The first kappa shape index (κ1) is 21.3. The molecular weight excluding hydrogens is 509 g/mol. The number of tetrazole rings is 1. The molecule has 158 valence electrons. The van der Waals surface area contributed by atoms with Crippen LogP contribution >= 0.6 is 39.0 Å². The smallest absolute Gasteiger partial charge is 0.264 e. The number of rotatable bonds is 8. The third-order valence-corrected chi connectivity index (χ3v) is 6.49. The number of benzene rings is 2. The van der Waals surface area contributed by atoms with Gasteiger partial charge in [-0.1, -0.05) is 35.2 Å². The van der Waals surface area contributed by atoms with Crippen LogP contribution in [0.4, 0.5) is 9.52 Å². The van der Waals surface area contributed by atoms with Crippen molar-refractivity contribution in [2.45, 2.75) is 10.1 Å². The average molecular weight is 522 g/mol. The standard InChI is InChI=1S/C18H13BrFN7O2S2/c19-14-3-1-2-11(16(14)20)9-30-18-24-23-17(31-18)22-15(28)8-29-13-6-4-12(5-7-13)27-10-21-25-26-27/h1-7,10H,8-9H2,(H,22,23,28). The van der Waals surface area contributed by atoms with Gasteiger partial charge in [0.15, 0.2) is 10.9 Å². The van der Waals surface area contributed by atoms with E-state index >= 15 is 0 Å². The Bertz CT molecular complexity index is 1170. The zero-order chi connectivity index (χ0) is 21.6. The predicted octanol–water partition coefficient (Wildman–Crippen LogP) is 3.73. The molecule has 1 N–H and O–H groups in total. The Morgan fingerprint density at radius 2 is 2.06 bits per heavy atom. The largest absolute Gasteiger partial charge is 0.484 e. The lowest BCUT2D eigenvalue weighted by Gasteiger charge is -2.06. The minimum atomic E-state index is -0.365. The number of nitrogens with one attached hydrogen (secondary N) is 1. The van der Waals surface area contributed by atoms with E-state index in [4.69, 9.17) is 4.74 Å². The van der Waals surface area contributed by atoms with E-state index in [1.54, 1.807) is 42.5 Å². The van der Waals surface area contributed by atoms with Crippen LogP contribution in [0.5, 0.6) is 5.75 Å². The Balaban J connectivity index is 1.25. The average Bonchev–Trinajstić information content (AvgIpc) is 3.46. The van der Waals surface area contributed by atoms with Crippen molar-refractivity contribution in [2.24, 2.45) is 0 Å². The number of ether oxygens (including phenoxy) is 1. The lowest BCUT2D eigenvalue weighted by Crippen LogP contribution is -2.20. The summed E-state index contributed by atoms with van der Waals surface area (Å²) < 4.78 is 22.1. The molecule has 9 nitrogen and oxygen atoms in total. The molecule has 0 atom stereocenters. The topological polar surface area (TPSA) is 108 Å². The van der Waals surface area contributed by atoms with Crippen molar-refractivity contribution < 1.29 is 13.9 Å². The zero-order valence-corrected chi connectivity index (χ0v) is 18.8. The zero-order valence-electron chi connectivity index (χ0n) is 15.6. The first-order valence-corrected chi connectivity index (χ1v) is 11.3. The van der Waals surface area contributed by atoms with E-state index in [1.807, 2.05) is 0 Å². The second kappa shape index (κ2) is 9.94. The summed E-state index contributed by atoms with van der Waals surface area (Å²) in [5, 5.41) is 21.9. The van der Waals surface area contributed by atoms with E-state index in [-0.39, 0.29) is 18.3 Å². The molecule has 2 aromatic carbocycles. The lowest BCUT2D eigenvalue weighted by atomic mass is 10.2. The third kappa shape index (κ3) is 5.62. The van der Waals surface area contributed by atoms with Gasteiger partial charge in [0.1, 0.15) is 17.9 Å². The van der Waals surface area contributed by atoms with Crippen molar-refractivity contribution >= 4 is 50.1 Å². The fourth-order valence-corrected chi connectivity index (χ4v) is 4.55. The molecular formula is C18H13BrFN7O2S2. The van der Waals surface area contributed by atoms with Gasteiger partial charge in [-0.2, -0.15) is 0 Å². The van der Waals surface area contributed by atoms with Crippen molar-refractivity contribution in [1.29, 1.82) is 0 Å². The van der Waals surface area contributed by atoms with Crippen molar-refractivity contribution in [2.75, 3.05) is 11.9 Å². The molecule has 31 heavy (non-hydrogen) atoms. The van der Waals surface area contributed by atoms with Gasteiger partial charge in [-0.3, -0.25) is 10.1 Å². The summed E-state index contributed by atoms with van der Waals surface area (Å²) in [5.74, 6) is 0.264. The van der Waals surface area contributed by atoms with Gasteiger partial charge >= 0.3 is 0 Å². The molecule has 0 aliphatic rings. The van der Waals surface area contributed by atoms with Crippen LogP contribution in [0.2, 0.25) is 0 Å². The van der Waals surface area contributed by atoms with Gasteiger partial charge in [0.05, 0.1) is 10.2 Å². The van der Waals surface area contributed by atoms with Gasteiger partial charge in [-0.05, 0) is 62.3 Å². The maximum atomic E-state index is 14.0. The van der Waals surface area contributed by atoms with Gasteiger partial charge in [0.2, 0.25) is 5.13 Å². The monoisotopic (exact) mass is 521 g/mol. The molecule has 2 heterocycles. The molecule has 0 unspecified atom stereocenters. The van der Waals surface area contributed by atoms with Crippen LogP contribution in [-0.4, -0.2) is 42.9 Å². The third-order valence-electron chi connectivity index (χ3n) is 3.86. The Morgan fingerprint density at radius 1 is 1.23 bits per heavy atom. The summed E-state index contributed by atoms with van der Waals surface area (Å²) in [6.07, 6.45) is 1.48. The number of anilines is 1. The van der Waals surface area contributed by atoms with Gasteiger partial charge in [0, 0.05) is 5.75 Å². The molecule has 0 spiro atoms. The molecule has 13 heteroatoms. The van der Waals surface area contributed by atoms with E-state index in [0.29, 0.717) is 31.0 Å². The van der Waals surface area contributed by atoms with Gasteiger partial charge in [0.25, 0.3) is 5.91 Å². The minimum Gasteiger partial charge on any atom is -0.484 e. The molecule has 0 saturated heterocycles. The second-order valence-electron chi connectivity index (χ2n) is 5.96. The highest BCUT2D eigenvalue weighted by atomic mass is 79.9. The molecule has 0 saturated carbocycles. The molecule has 0 fully saturated rings. The van der Waals surface area contributed by atoms with Crippen LogP contribution in [0, 0.1) is 5.82 Å². The van der Waals surface area contributed by atoms with Crippen molar-refractivity contribution in [3.8, 4) is 11.4 Å². The molecule has 4 aromatic rings. The number of amides is 1. The molecule has 1 amide bonds. The highest BCUT2D eigenvalue weighted by Gasteiger charge is 2.12. The van der Waals surface area contributed by atoms with Gasteiger partial charge < -0.3 is 4.74 Å². The SMILES string of the molecule is O=C(COc1ccc(-n2cnnn2)cc1)Nc1nnc(SCc2cccc(Br)c2F)s1. The van der Waals surface area contributed by atoms with E-state index < -0.39 is 0 Å². The minimum absolute atomic E-state index is 0.185. The van der Waals surface area contributed by atoms with Crippen LogP contribution in [0.3, 0.4) is 0 Å². The highest BCUT2D eigenvalue weighted by molar-refractivity contribution is 9.10. The van der Waals surface area contributed by atoms with Gasteiger partial charge in [-0.25, -0.2) is 9.07 Å². The number of nitrogens with zero attached hydrogens (tertiary/aromatic N) is 6. The number of carbonyl (C=O) groups is 1. The predicted molar refractivity (Wildman–Crippen MR) is 117 cm³/mol. The van der Waals surface area contributed by atoms with E-state index in [1.165, 1.54) is 34.1 Å². The summed E-state index contributed by atoms with van der Waals surface area (Å²) in [7, 11) is 0. The van der Waals surface area contributed by atoms with Crippen molar-refractivity contribution in [3.63, 3.8) is 0 Å². The fraction of sp³-hybridized carbons (Fsp3) is 0.111. The Kier molecular flexibility index (Phi) is 6.84. The van der Waals surface area contributed by atoms with E-state index in [9.17, 15) is 9.18 Å². The van der Waals surface area contributed by atoms with E-state index in [2.05, 4.69) is 47.0 Å². The lowest BCUT2D eigenvalue weighted by molar-refractivity contribution is -0.118. The second-order valence-corrected chi connectivity index (χ2v) is 9.01. The molecule has 4 rings (SSSR count). The van der Waals surface area contributed by atoms with Gasteiger partial charge in [-0.15, -0.1) is 15.3 Å². The summed E-state index contributed by atoms with van der Waals surface area (Å²) in [6, 6.07) is 12.1. The molecule has 0 aliphatic carbocycles. The normalized spacial score (nSPS) is 10.8. The van der Waals surface area contributed by atoms with Crippen molar-refractivity contribution in [3.05, 3.63) is 64.6 Å². The number of hydrogen-bond acceptors (Lipinski definition) is 9. The summed E-state index contributed by atoms with van der Waals surface area (Å²) in [4.78, 5) is 12.1. The maximum absolute atomic E-state index is 14.0. The summed E-state index contributed by atoms with van der Waals surface area (Å²) >= 11 is 5.72. The number of thioether (sulfide) groups is 1. The van der Waals surface area contributed by atoms with Crippen LogP contribution in [0.25, 0.3) is 5.69 Å². The van der Waals surface area contributed by atoms with Crippen LogP contribution in [-0.2, 0) is 10.5 Å². The summed E-state index contributed by atoms with van der Waals surface area (Å²) in [6.45, 7) is -0.185.